The van der Waals surface area contributed by atoms with Gasteiger partial charge in [-0.05, 0) is 37.1 Å². The van der Waals surface area contributed by atoms with E-state index in [0.717, 1.165) is 23.1 Å². The summed E-state index contributed by atoms with van der Waals surface area (Å²) in [4.78, 5) is 17.8. The summed E-state index contributed by atoms with van der Waals surface area (Å²) in [6, 6.07) is 9.77. The van der Waals surface area contributed by atoms with Crippen LogP contribution in [0.25, 0.3) is 10.2 Å². The summed E-state index contributed by atoms with van der Waals surface area (Å²) in [5, 5.41) is 0. The zero-order valence-electron chi connectivity index (χ0n) is 18.9. The van der Waals surface area contributed by atoms with Crippen LogP contribution in [0.5, 0.6) is 11.5 Å². The van der Waals surface area contributed by atoms with Crippen molar-refractivity contribution >= 4 is 37.5 Å². The molecule has 1 amide bonds. The minimum absolute atomic E-state index is 0.180. The summed E-state index contributed by atoms with van der Waals surface area (Å²) in [5.41, 5.74) is 1.22. The molecule has 0 aliphatic carbocycles. The topological polar surface area (TPSA) is 90.2 Å². The summed E-state index contributed by atoms with van der Waals surface area (Å²) >= 11 is 1.38. The van der Waals surface area contributed by atoms with Crippen LogP contribution in [0, 0.1) is 0 Å². The van der Waals surface area contributed by atoms with Crippen LogP contribution in [0.1, 0.15) is 37.0 Å². The molecule has 0 fully saturated rings. The largest absolute Gasteiger partial charge is 0.486 e. The normalized spacial score (nSPS) is 14.2. The number of carbonyl (C=O) groups is 1. The highest BCUT2D eigenvalue weighted by Crippen LogP contribution is 2.35. The van der Waals surface area contributed by atoms with Gasteiger partial charge in [0.15, 0.2) is 16.3 Å². The van der Waals surface area contributed by atoms with Gasteiger partial charge in [-0.25, -0.2) is 8.42 Å². The maximum Gasteiger partial charge on any atom is 0.279 e. The second-order valence-electron chi connectivity index (χ2n) is 7.75. The summed E-state index contributed by atoms with van der Waals surface area (Å²) in [6.07, 6.45) is 1.48. The number of aromatic nitrogens is 1. The van der Waals surface area contributed by atoms with Gasteiger partial charge in [0.05, 0.1) is 15.1 Å². The molecule has 176 valence electrons. The van der Waals surface area contributed by atoms with Crippen molar-refractivity contribution < 1.29 is 22.7 Å². The first-order chi connectivity index (χ1) is 15.8. The predicted molar refractivity (Wildman–Crippen MR) is 127 cm³/mol. The summed E-state index contributed by atoms with van der Waals surface area (Å²) in [5.74, 6) is 0.930. The van der Waals surface area contributed by atoms with Crippen LogP contribution in [0.4, 0.5) is 0 Å². The van der Waals surface area contributed by atoms with E-state index in [-0.39, 0.29) is 4.90 Å². The zero-order chi connectivity index (χ0) is 23.6. The molecule has 1 aromatic heterocycles. The number of benzene rings is 2. The van der Waals surface area contributed by atoms with Gasteiger partial charge in [0.2, 0.25) is 10.0 Å². The second kappa shape index (κ2) is 9.66. The van der Waals surface area contributed by atoms with Crippen molar-refractivity contribution in [1.82, 2.24) is 8.87 Å². The molecule has 0 radical (unpaired) electrons. The van der Waals surface area contributed by atoms with Gasteiger partial charge in [0, 0.05) is 37.8 Å². The quantitative estimate of drug-likeness (QED) is 0.506. The van der Waals surface area contributed by atoms with Crippen molar-refractivity contribution in [2.24, 2.45) is 12.0 Å². The van der Waals surface area contributed by atoms with Crippen LogP contribution in [-0.4, -0.2) is 49.5 Å². The highest BCUT2D eigenvalue weighted by atomic mass is 32.2. The first-order valence-electron chi connectivity index (χ1n) is 10.9. The number of aryl methyl sites for hydroxylation is 1. The van der Waals surface area contributed by atoms with E-state index in [0.29, 0.717) is 48.2 Å². The monoisotopic (exact) mass is 489 g/mol. The molecule has 0 spiro atoms. The number of ether oxygens (including phenoxy) is 2. The summed E-state index contributed by atoms with van der Waals surface area (Å²) < 4.78 is 41.4. The molecular formula is C23H27N3O5S2. The van der Waals surface area contributed by atoms with Crippen LogP contribution in [0.15, 0.2) is 46.3 Å². The molecule has 33 heavy (non-hydrogen) atoms. The van der Waals surface area contributed by atoms with E-state index in [2.05, 4.69) is 4.99 Å². The van der Waals surface area contributed by atoms with E-state index in [1.165, 1.54) is 39.9 Å². The average Bonchev–Trinajstić information content (AvgIpc) is 3.11. The van der Waals surface area contributed by atoms with Gasteiger partial charge in [-0.1, -0.05) is 25.2 Å². The van der Waals surface area contributed by atoms with Crippen LogP contribution in [-0.2, 0) is 17.1 Å². The lowest BCUT2D eigenvalue weighted by atomic mass is 10.2. The third kappa shape index (κ3) is 4.68. The van der Waals surface area contributed by atoms with Gasteiger partial charge >= 0.3 is 0 Å². The first kappa shape index (κ1) is 23.5. The number of sulfonamides is 1. The predicted octanol–water partition coefficient (Wildman–Crippen LogP) is 3.56. The lowest BCUT2D eigenvalue weighted by Crippen LogP contribution is -2.32. The van der Waals surface area contributed by atoms with Crippen LogP contribution in [0.2, 0.25) is 0 Å². The SMILES string of the molecule is CCCN(CCC)S(=O)(=O)c1ccc(C(=O)N=c2sc3cc4c(cc3n2C)OCCO4)cc1. The maximum atomic E-state index is 12.9. The lowest BCUT2D eigenvalue weighted by Gasteiger charge is -2.21. The first-order valence-corrected chi connectivity index (χ1v) is 13.2. The van der Waals surface area contributed by atoms with E-state index in [9.17, 15) is 13.2 Å². The van der Waals surface area contributed by atoms with E-state index >= 15 is 0 Å². The number of hydrogen-bond acceptors (Lipinski definition) is 6. The molecule has 0 N–H and O–H groups in total. The third-order valence-electron chi connectivity index (χ3n) is 5.36. The molecule has 0 saturated heterocycles. The molecule has 1 aliphatic heterocycles. The molecule has 2 heterocycles. The number of hydrogen-bond donors (Lipinski definition) is 0. The number of nitrogens with zero attached hydrogens (tertiary/aromatic N) is 3. The van der Waals surface area contributed by atoms with E-state index < -0.39 is 15.9 Å². The highest BCUT2D eigenvalue weighted by Gasteiger charge is 2.23. The van der Waals surface area contributed by atoms with Crippen molar-refractivity contribution in [1.29, 1.82) is 0 Å². The van der Waals surface area contributed by atoms with Crippen LogP contribution >= 0.6 is 11.3 Å². The minimum atomic E-state index is -3.59. The van der Waals surface area contributed by atoms with Crippen molar-refractivity contribution in [2.75, 3.05) is 26.3 Å². The maximum absolute atomic E-state index is 12.9. The highest BCUT2D eigenvalue weighted by molar-refractivity contribution is 7.89. The van der Waals surface area contributed by atoms with Crippen LogP contribution in [0.3, 0.4) is 0 Å². The summed E-state index contributed by atoms with van der Waals surface area (Å²) in [6.45, 7) is 5.84. The molecule has 0 bridgehead atoms. The Morgan fingerprint density at radius 3 is 2.27 bits per heavy atom. The fourth-order valence-corrected chi connectivity index (χ4v) is 6.34. The van der Waals surface area contributed by atoms with Crippen LogP contribution < -0.4 is 14.3 Å². The molecule has 10 heteroatoms. The molecule has 4 rings (SSSR count). The minimum Gasteiger partial charge on any atom is -0.486 e. The Morgan fingerprint density at radius 1 is 1.06 bits per heavy atom. The Balaban J connectivity index is 1.62. The number of carbonyl (C=O) groups excluding carboxylic acids is 1. The number of thiazole rings is 1. The van der Waals surface area contributed by atoms with Gasteiger partial charge in [0.1, 0.15) is 13.2 Å². The second-order valence-corrected chi connectivity index (χ2v) is 10.7. The molecule has 0 atom stereocenters. The number of amides is 1. The Morgan fingerprint density at radius 2 is 1.67 bits per heavy atom. The Bertz CT molecular complexity index is 1330. The Hall–Kier alpha value is -2.69. The van der Waals surface area contributed by atoms with E-state index in [1.807, 2.05) is 37.6 Å². The van der Waals surface area contributed by atoms with Crippen molar-refractivity contribution in [3.05, 3.63) is 46.8 Å². The van der Waals surface area contributed by atoms with Gasteiger partial charge in [-0.15, -0.1) is 0 Å². The standard InChI is InChI=1S/C23H27N3O5S2/c1-4-10-26(11-5-2)33(28,29)17-8-6-16(7-9-17)22(27)24-23-25(3)18-14-19-20(15-21(18)32-23)31-13-12-30-19/h6-9,14-15H,4-5,10-13H2,1-3H3. The molecule has 0 saturated carbocycles. The Labute approximate surface area is 197 Å². The smallest absolute Gasteiger partial charge is 0.279 e. The van der Waals surface area contributed by atoms with Crippen molar-refractivity contribution in [3.8, 4) is 11.5 Å². The molecular weight excluding hydrogens is 462 g/mol. The average molecular weight is 490 g/mol. The van der Waals surface area contributed by atoms with Crippen molar-refractivity contribution in [2.45, 2.75) is 31.6 Å². The molecule has 2 aromatic carbocycles. The molecule has 3 aromatic rings. The lowest BCUT2D eigenvalue weighted by molar-refractivity contribution is 0.0998. The Kier molecular flexibility index (Phi) is 6.87. The van der Waals surface area contributed by atoms with Gasteiger partial charge in [-0.3, -0.25) is 4.79 Å². The number of fused-ring (bicyclic) bond motifs is 2. The van der Waals surface area contributed by atoms with Gasteiger partial charge in [0.25, 0.3) is 5.91 Å². The zero-order valence-corrected chi connectivity index (χ0v) is 20.5. The van der Waals surface area contributed by atoms with E-state index in [1.54, 1.807) is 0 Å². The molecule has 1 aliphatic rings. The molecule has 0 unspecified atom stereocenters. The van der Waals surface area contributed by atoms with Gasteiger partial charge in [-0.2, -0.15) is 9.30 Å². The fraction of sp³-hybridized carbons (Fsp3) is 0.391. The fourth-order valence-electron chi connectivity index (χ4n) is 3.69. The van der Waals surface area contributed by atoms with Crippen molar-refractivity contribution in [3.63, 3.8) is 0 Å². The third-order valence-corrected chi connectivity index (χ3v) is 8.36. The number of rotatable bonds is 7. The molecule has 8 nitrogen and oxygen atoms in total. The summed E-state index contributed by atoms with van der Waals surface area (Å²) in [7, 11) is -1.75. The van der Waals surface area contributed by atoms with E-state index in [4.69, 9.17) is 9.47 Å². The van der Waals surface area contributed by atoms with Gasteiger partial charge < -0.3 is 14.0 Å².